The predicted octanol–water partition coefficient (Wildman–Crippen LogP) is 2.14. The lowest BCUT2D eigenvalue weighted by Crippen LogP contribution is -2.46. The van der Waals surface area contributed by atoms with Crippen molar-refractivity contribution in [2.75, 3.05) is 7.11 Å². The molecule has 1 aromatic carbocycles. The topological polar surface area (TPSA) is 71.5 Å². The van der Waals surface area contributed by atoms with Gasteiger partial charge in [0.1, 0.15) is 11.8 Å². The van der Waals surface area contributed by atoms with Crippen molar-refractivity contribution >= 4 is 11.8 Å². The van der Waals surface area contributed by atoms with Crippen molar-refractivity contribution in [1.29, 1.82) is 0 Å². The summed E-state index contributed by atoms with van der Waals surface area (Å²) < 4.78 is 5.13. The Bertz CT molecular complexity index is 702. The highest BCUT2D eigenvalue weighted by Gasteiger charge is 2.23. The molecule has 0 saturated carbocycles. The minimum absolute atomic E-state index is 0.151. The minimum Gasteiger partial charge on any atom is -0.497 e. The summed E-state index contributed by atoms with van der Waals surface area (Å²) in [5, 5.41) is 2.86. The third-order valence-corrected chi connectivity index (χ3v) is 3.98. The summed E-state index contributed by atoms with van der Waals surface area (Å²) in [6.07, 6.45) is 3.35. The van der Waals surface area contributed by atoms with Crippen molar-refractivity contribution < 1.29 is 14.3 Å². The van der Waals surface area contributed by atoms with Gasteiger partial charge < -0.3 is 15.0 Å². The van der Waals surface area contributed by atoms with Crippen molar-refractivity contribution in [2.24, 2.45) is 0 Å². The number of nitrogens with zero attached hydrogens (tertiary/aromatic N) is 2. The molecule has 2 rings (SSSR count). The van der Waals surface area contributed by atoms with E-state index in [2.05, 4.69) is 10.3 Å². The van der Waals surface area contributed by atoms with Crippen molar-refractivity contribution in [3.8, 4) is 5.75 Å². The molecule has 132 valence electrons. The molecule has 0 fully saturated rings. The number of benzene rings is 1. The smallest absolute Gasteiger partial charge is 0.242 e. The van der Waals surface area contributed by atoms with E-state index in [0.29, 0.717) is 13.1 Å². The van der Waals surface area contributed by atoms with Crippen LogP contribution in [0.25, 0.3) is 0 Å². The molecular weight excluding hydrogens is 318 g/mol. The molecule has 6 nitrogen and oxygen atoms in total. The lowest BCUT2D eigenvalue weighted by Gasteiger charge is -2.27. The van der Waals surface area contributed by atoms with Gasteiger partial charge in [-0.15, -0.1) is 0 Å². The van der Waals surface area contributed by atoms with E-state index < -0.39 is 6.04 Å². The number of pyridine rings is 1. The molecule has 1 atom stereocenters. The second-order valence-electron chi connectivity index (χ2n) is 5.74. The second-order valence-corrected chi connectivity index (χ2v) is 5.74. The Hall–Kier alpha value is -2.89. The van der Waals surface area contributed by atoms with Crippen LogP contribution in [0.5, 0.6) is 5.75 Å². The zero-order valence-corrected chi connectivity index (χ0v) is 14.7. The summed E-state index contributed by atoms with van der Waals surface area (Å²) in [6.45, 7) is 3.96. The second kappa shape index (κ2) is 8.82. The number of aromatic nitrogens is 1. The molecule has 25 heavy (non-hydrogen) atoms. The number of methoxy groups -OCH3 is 1. The number of amides is 2. The van der Waals surface area contributed by atoms with Gasteiger partial charge in [0, 0.05) is 32.4 Å². The van der Waals surface area contributed by atoms with Crippen LogP contribution in [0.4, 0.5) is 0 Å². The van der Waals surface area contributed by atoms with Gasteiger partial charge in [-0.2, -0.15) is 0 Å². The highest BCUT2D eigenvalue weighted by Crippen LogP contribution is 2.14. The number of carbonyl (C=O) groups excluding carboxylic acids is 2. The van der Waals surface area contributed by atoms with Crippen LogP contribution < -0.4 is 10.1 Å². The summed E-state index contributed by atoms with van der Waals surface area (Å²) in [5.41, 5.74) is 1.89. The summed E-state index contributed by atoms with van der Waals surface area (Å²) in [6, 6.07) is 10.5. The molecule has 0 aliphatic heterocycles. The molecule has 2 amide bonds. The van der Waals surface area contributed by atoms with E-state index in [9.17, 15) is 9.59 Å². The fourth-order valence-corrected chi connectivity index (χ4v) is 2.43. The van der Waals surface area contributed by atoms with Gasteiger partial charge in [-0.3, -0.25) is 14.6 Å². The first-order valence-corrected chi connectivity index (χ1v) is 8.08. The number of ether oxygens (including phenoxy) is 1. The zero-order chi connectivity index (χ0) is 18.2. The van der Waals surface area contributed by atoms with Gasteiger partial charge in [-0.05, 0) is 42.3 Å². The molecule has 0 spiro atoms. The molecule has 1 heterocycles. The highest BCUT2D eigenvalue weighted by molar-refractivity contribution is 5.86. The fourth-order valence-electron chi connectivity index (χ4n) is 2.43. The first-order valence-electron chi connectivity index (χ1n) is 8.08. The molecular formula is C19H23N3O3. The lowest BCUT2D eigenvalue weighted by molar-refractivity contribution is -0.139. The van der Waals surface area contributed by atoms with Gasteiger partial charge in [0.25, 0.3) is 0 Å². The first kappa shape index (κ1) is 18.4. The van der Waals surface area contributed by atoms with Crippen molar-refractivity contribution in [2.45, 2.75) is 33.0 Å². The molecule has 0 aliphatic rings. The van der Waals surface area contributed by atoms with Gasteiger partial charge in [0.2, 0.25) is 11.8 Å². The number of hydrogen-bond donors (Lipinski definition) is 1. The Morgan fingerprint density at radius 3 is 2.32 bits per heavy atom. The van der Waals surface area contributed by atoms with Crippen molar-refractivity contribution in [3.63, 3.8) is 0 Å². The molecule has 0 bridgehead atoms. The van der Waals surface area contributed by atoms with E-state index in [4.69, 9.17) is 4.74 Å². The van der Waals surface area contributed by atoms with E-state index in [1.807, 2.05) is 36.4 Å². The van der Waals surface area contributed by atoms with Crippen LogP contribution in [-0.4, -0.2) is 34.8 Å². The Morgan fingerprint density at radius 2 is 1.76 bits per heavy atom. The fraction of sp³-hybridized carbons (Fsp3) is 0.316. The molecule has 6 heteroatoms. The Labute approximate surface area is 147 Å². The van der Waals surface area contributed by atoms with E-state index in [1.165, 1.54) is 6.92 Å². The number of rotatable bonds is 7. The Morgan fingerprint density at radius 1 is 1.12 bits per heavy atom. The van der Waals surface area contributed by atoms with Crippen LogP contribution in [0.2, 0.25) is 0 Å². The maximum Gasteiger partial charge on any atom is 0.242 e. The van der Waals surface area contributed by atoms with Gasteiger partial charge in [-0.25, -0.2) is 0 Å². The van der Waals surface area contributed by atoms with E-state index in [0.717, 1.165) is 16.9 Å². The molecule has 0 aliphatic carbocycles. The van der Waals surface area contributed by atoms with Gasteiger partial charge in [0.05, 0.1) is 7.11 Å². The van der Waals surface area contributed by atoms with Crippen LogP contribution in [0, 0.1) is 0 Å². The predicted molar refractivity (Wildman–Crippen MR) is 94.8 cm³/mol. The van der Waals surface area contributed by atoms with Crippen LogP contribution >= 0.6 is 0 Å². The Balaban J connectivity index is 1.99. The SMILES string of the molecule is COc1ccc(CN(C(C)=O)C(C)C(=O)NCc2ccncc2)cc1. The maximum atomic E-state index is 12.4. The normalized spacial score (nSPS) is 11.5. The minimum atomic E-state index is -0.568. The molecule has 2 aromatic rings. The van der Waals surface area contributed by atoms with E-state index in [1.54, 1.807) is 31.3 Å². The van der Waals surface area contributed by atoms with E-state index >= 15 is 0 Å². The summed E-state index contributed by atoms with van der Waals surface area (Å²) in [7, 11) is 1.60. The molecule has 0 saturated heterocycles. The summed E-state index contributed by atoms with van der Waals surface area (Å²) in [5.74, 6) is 0.407. The number of nitrogens with one attached hydrogen (secondary N) is 1. The molecule has 1 aromatic heterocycles. The Kier molecular flexibility index (Phi) is 6.51. The maximum absolute atomic E-state index is 12.4. The largest absolute Gasteiger partial charge is 0.497 e. The summed E-state index contributed by atoms with van der Waals surface area (Å²) in [4.78, 5) is 29.9. The third kappa shape index (κ3) is 5.31. The first-order chi connectivity index (χ1) is 12.0. The van der Waals surface area contributed by atoms with Gasteiger partial charge in [0.15, 0.2) is 0 Å². The van der Waals surface area contributed by atoms with Crippen LogP contribution in [0.3, 0.4) is 0 Å². The summed E-state index contributed by atoms with van der Waals surface area (Å²) >= 11 is 0. The molecule has 1 N–H and O–H groups in total. The lowest BCUT2D eigenvalue weighted by atomic mass is 10.1. The molecule has 1 unspecified atom stereocenters. The third-order valence-electron chi connectivity index (χ3n) is 3.98. The zero-order valence-electron chi connectivity index (χ0n) is 14.7. The van der Waals surface area contributed by atoms with Crippen molar-refractivity contribution in [1.82, 2.24) is 15.2 Å². The van der Waals surface area contributed by atoms with Crippen molar-refractivity contribution in [3.05, 3.63) is 59.9 Å². The quantitative estimate of drug-likeness (QED) is 0.837. The number of carbonyl (C=O) groups is 2. The monoisotopic (exact) mass is 341 g/mol. The van der Waals surface area contributed by atoms with Gasteiger partial charge >= 0.3 is 0 Å². The average molecular weight is 341 g/mol. The standard InChI is InChI=1S/C19H23N3O3/c1-14(19(24)21-12-16-8-10-20-11-9-16)22(15(2)23)13-17-4-6-18(25-3)7-5-17/h4-11,14H,12-13H2,1-3H3,(H,21,24). The van der Waals surface area contributed by atoms with E-state index in [-0.39, 0.29) is 11.8 Å². The van der Waals surface area contributed by atoms with Gasteiger partial charge in [-0.1, -0.05) is 12.1 Å². The molecule has 0 radical (unpaired) electrons. The van der Waals surface area contributed by atoms with Crippen LogP contribution in [0.1, 0.15) is 25.0 Å². The highest BCUT2D eigenvalue weighted by atomic mass is 16.5. The average Bonchev–Trinajstić information content (AvgIpc) is 2.64. The van der Waals surface area contributed by atoms with Crippen LogP contribution in [-0.2, 0) is 22.7 Å². The van der Waals surface area contributed by atoms with Crippen LogP contribution in [0.15, 0.2) is 48.8 Å². The number of hydrogen-bond acceptors (Lipinski definition) is 4.